The Kier molecular flexibility index (Phi) is 3.47. The first-order chi connectivity index (χ1) is 7.59. The summed E-state index contributed by atoms with van der Waals surface area (Å²) in [4.78, 5) is 3.84. The number of pyridine rings is 1. The molecule has 1 aromatic rings. The largest absolute Gasteiger partial charge is 0.263 e. The van der Waals surface area contributed by atoms with Crippen LogP contribution in [0.1, 0.15) is 25.7 Å². The predicted octanol–water partition coefficient (Wildman–Crippen LogP) is 1.96. The van der Waals surface area contributed by atoms with Gasteiger partial charge < -0.3 is 0 Å². The molecule has 2 rings (SSSR count). The van der Waals surface area contributed by atoms with Gasteiger partial charge in [0, 0.05) is 18.4 Å². The van der Waals surface area contributed by atoms with Crippen molar-refractivity contribution in [2.75, 3.05) is 0 Å². The summed E-state index contributed by atoms with van der Waals surface area (Å²) < 4.78 is 26.6. The molecule has 4 nitrogen and oxygen atoms in total. The lowest BCUT2D eigenvalue weighted by molar-refractivity contribution is 0.552. The number of hydrogen-bond donors (Lipinski definition) is 1. The number of halogens is 1. The van der Waals surface area contributed by atoms with Crippen LogP contribution in [0.5, 0.6) is 0 Å². The molecule has 0 aromatic carbocycles. The van der Waals surface area contributed by atoms with Gasteiger partial charge in [0.1, 0.15) is 4.90 Å². The summed E-state index contributed by atoms with van der Waals surface area (Å²) in [5, 5.41) is 0.209. The van der Waals surface area contributed by atoms with E-state index in [1.54, 1.807) is 0 Å². The van der Waals surface area contributed by atoms with E-state index in [0.29, 0.717) is 0 Å². The average molecular weight is 261 g/mol. The average Bonchev–Trinajstić information content (AvgIpc) is 2.70. The fourth-order valence-corrected chi connectivity index (χ4v) is 3.62. The minimum Gasteiger partial charge on any atom is -0.263 e. The lowest BCUT2D eigenvalue weighted by atomic mass is 10.3. The van der Waals surface area contributed by atoms with Crippen molar-refractivity contribution in [3.63, 3.8) is 0 Å². The third-order valence-electron chi connectivity index (χ3n) is 2.70. The van der Waals surface area contributed by atoms with Gasteiger partial charge in [-0.2, -0.15) is 0 Å². The molecule has 1 N–H and O–H groups in total. The Bertz CT molecular complexity index is 469. The standard InChI is InChI=1S/C10H13ClN2O2S/c11-9-5-6-12-7-10(9)16(14,15)13-8-3-1-2-4-8/h5-8,13H,1-4H2. The number of sulfonamides is 1. The van der Waals surface area contributed by atoms with E-state index in [9.17, 15) is 8.42 Å². The van der Waals surface area contributed by atoms with Gasteiger partial charge in [0.15, 0.2) is 0 Å². The molecule has 0 spiro atoms. The van der Waals surface area contributed by atoms with Gasteiger partial charge in [-0.3, -0.25) is 4.98 Å². The maximum absolute atomic E-state index is 12.0. The van der Waals surface area contributed by atoms with E-state index in [2.05, 4.69) is 9.71 Å². The summed E-state index contributed by atoms with van der Waals surface area (Å²) in [7, 11) is -3.52. The molecule has 0 amide bonds. The number of nitrogens with one attached hydrogen (secondary N) is 1. The first kappa shape index (κ1) is 11.8. The molecule has 0 atom stereocenters. The Labute approximate surface area is 100 Å². The van der Waals surface area contributed by atoms with Crippen molar-refractivity contribution in [2.45, 2.75) is 36.6 Å². The van der Waals surface area contributed by atoms with Gasteiger partial charge in [0.05, 0.1) is 5.02 Å². The van der Waals surface area contributed by atoms with Crippen molar-refractivity contribution < 1.29 is 8.42 Å². The van der Waals surface area contributed by atoms with Crippen molar-refractivity contribution in [1.82, 2.24) is 9.71 Å². The summed E-state index contributed by atoms with van der Waals surface area (Å²) in [6.07, 6.45) is 6.70. The summed E-state index contributed by atoms with van der Waals surface area (Å²) in [6, 6.07) is 1.52. The highest BCUT2D eigenvalue weighted by molar-refractivity contribution is 7.89. The number of rotatable bonds is 3. The highest BCUT2D eigenvalue weighted by Gasteiger charge is 2.24. The van der Waals surface area contributed by atoms with Crippen LogP contribution >= 0.6 is 11.6 Å². The molecule has 1 aromatic heterocycles. The topological polar surface area (TPSA) is 59.1 Å². The van der Waals surface area contributed by atoms with Crippen LogP contribution < -0.4 is 4.72 Å². The molecule has 16 heavy (non-hydrogen) atoms. The SMILES string of the molecule is O=S(=O)(NC1CCCC1)c1cnccc1Cl. The van der Waals surface area contributed by atoms with E-state index < -0.39 is 10.0 Å². The van der Waals surface area contributed by atoms with Crippen LogP contribution in [-0.4, -0.2) is 19.4 Å². The Hall–Kier alpha value is -0.650. The Morgan fingerprint density at radius 3 is 2.69 bits per heavy atom. The maximum atomic E-state index is 12.0. The molecule has 1 aliphatic carbocycles. The molecule has 0 radical (unpaired) electrons. The zero-order chi connectivity index (χ0) is 11.6. The smallest absolute Gasteiger partial charge is 0.243 e. The highest BCUT2D eigenvalue weighted by atomic mass is 35.5. The predicted molar refractivity (Wildman–Crippen MR) is 61.8 cm³/mol. The fraction of sp³-hybridized carbons (Fsp3) is 0.500. The van der Waals surface area contributed by atoms with E-state index in [1.165, 1.54) is 18.5 Å². The van der Waals surface area contributed by atoms with E-state index >= 15 is 0 Å². The van der Waals surface area contributed by atoms with Gasteiger partial charge >= 0.3 is 0 Å². The number of hydrogen-bond acceptors (Lipinski definition) is 3. The second-order valence-electron chi connectivity index (χ2n) is 3.91. The zero-order valence-electron chi connectivity index (χ0n) is 8.69. The molecule has 0 aliphatic heterocycles. The molecule has 0 saturated heterocycles. The molecular formula is C10H13ClN2O2S. The Balaban J connectivity index is 2.21. The van der Waals surface area contributed by atoms with E-state index in [1.807, 2.05) is 0 Å². The monoisotopic (exact) mass is 260 g/mol. The summed E-state index contributed by atoms with van der Waals surface area (Å²) in [5.41, 5.74) is 0. The molecule has 0 unspecified atom stereocenters. The second-order valence-corrected chi connectivity index (χ2v) is 6.00. The third-order valence-corrected chi connectivity index (χ3v) is 4.69. The lowest BCUT2D eigenvalue weighted by Gasteiger charge is -2.12. The van der Waals surface area contributed by atoms with E-state index in [4.69, 9.17) is 11.6 Å². The van der Waals surface area contributed by atoms with Crippen molar-refractivity contribution in [2.24, 2.45) is 0 Å². The minimum atomic E-state index is -3.52. The van der Waals surface area contributed by atoms with Crippen LogP contribution in [0, 0.1) is 0 Å². The molecule has 1 heterocycles. The van der Waals surface area contributed by atoms with Crippen molar-refractivity contribution in [3.8, 4) is 0 Å². The Morgan fingerprint density at radius 1 is 1.38 bits per heavy atom. The normalized spacial score (nSPS) is 17.8. The van der Waals surface area contributed by atoms with Gasteiger partial charge in [0.25, 0.3) is 0 Å². The molecule has 1 aliphatic rings. The molecule has 0 bridgehead atoms. The lowest BCUT2D eigenvalue weighted by Crippen LogP contribution is -2.32. The number of nitrogens with zero attached hydrogens (tertiary/aromatic N) is 1. The second kappa shape index (κ2) is 4.69. The fourth-order valence-electron chi connectivity index (χ4n) is 1.89. The quantitative estimate of drug-likeness (QED) is 0.904. The maximum Gasteiger partial charge on any atom is 0.243 e. The number of aromatic nitrogens is 1. The van der Waals surface area contributed by atoms with E-state index in [-0.39, 0.29) is 16.0 Å². The summed E-state index contributed by atoms with van der Waals surface area (Å²) in [6.45, 7) is 0. The summed E-state index contributed by atoms with van der Waals surface area (Å²) >= 11 is 5.84. The summed E-state index contributed by atoms with van der Waals surface area (Å²) in [5.74, 6) is 0. The van der Waals surface area contributed by atoms with Crippen LogP contribution in [0.2, 0.25) is 5.02 Å². The minimum absolute atomic E-state index is 0.0428. The van der Waals surface area contributed by atoms with Crippen molar-refractivity contribution in [1.29, 1.82) is 0 Å². The van der Waals surface area contributed by atoms with Crippen LogP contribution in [0.3, 0.4) is 0 Å². The van der Waals surface area contributed by atoms with Gasteiger partial charge in [-0.25, -0.2) is 13.1 Å². The molecule has 6 heteroatoms. The van der Waals surface area contributed by atoms with Crippen LogP contribution in [0.4, 0.5) is 0 Å². The van der Waals surface area contributed by atoms with Crippen LogP contribution in [-0.2, 0) is 10.0 Å². The molecule has 1 saturated carbocycles. The molecular weight excluding hydrogens is 248 g/mol. The highest BCUT2D eigenvalue weighted by Crippen LogP contribution is 2.23. The van der Waals surface area contributed by atoms with Gasteiger partial charge in [-0.1, -0.05) is 24.4 Å². The van der Waals surface area contributed by atoms with Gasteiger partial charge in [-0.15, -0.1) is 0 Å². The van der Waals surface area contributed by atoms with Gasteiger partial charge in [0.2, 0.25) is 10.0 Å². The Morgan fingerprint density at radius 2 is 2.06 bits per heavy atom. The first-order valence-corrected chi connectivity index (χ1v) is 7.07. The van der Waals surface area contributed by atoms with Crippen molar-refractivity contribution in [3.05, 3.63) is 23.5 Å². The zero-order valence-corrected chi connectivity index (χ0v) is 10.3. The van der Waals surface area contributed by atoms with Crippen molar-refractivity contribution >= 4 is 21.6 Å². The first-order valence-electron chi connectivity index (χ1n) is 5.21. The van der Waals surface area contributed by atoms with Crippen LogP contribution in [0.15, 0.2) is 23.4 Å². The molecule has 1 fully saturated rings. The van der Waals surface area contributed by atoms with Crippen LogP contribution in [0.25, 0.3) is 0 Å². The third kappa shape index (κ3) is 2.53. The molecule has 88 valence electrons. The van der Waals surface area contributed by atoms with E-state index in [0.717, 1.165) is 25.7 Å². The van der Waals surface area contributed by atoms with Gasteiger partial charge in [-0.05, 0) is 18.9 Å².